The summed E-state index contributed by atoms with van der Waals surface area (Å²) in [6.45, 7) is -0.234. The van der Waals surface area contributed by atoms with Gasteiger partial charge in [0.05, 0.1) is 10.7 Å². The summed E-state index contributed by atoms with van der Waals surface area (Å²) in [5.74, 6) is 0.108. The molecule has 1 heterocycles. The van der Waals surface area contributed by atoms with Gasteiger partial charge >= 0.3 is 0 Å². The molecule has 0 atom stereocenters. The number of nitrogens with one attached hydrogen (secondary N) is 3. The summed E-state index contributed by atoms with van der Waals surface area (Å²) in [5.41, 5.74) is 4.73. The van der Waals surface area contributed by atoms with Crippen molar-refractivity contribution in [2.75, 3.05) is 6.61 Å². The SMILES string of the molecule is O=C(/C=C/c1ccco1)NC(=S)NNC(=O)COc1ccc(Br)cc1Br. The van der Waals surface area contributed by atoms with Gasteiger partial charge in [-0.25, -0.2) is 0 Å². The summed E-state index contributed by atoms with van der Waals surface area (Å²) >= 11 is 11.6. The molecule has 26 heavy (non-hydrogen) atoms. The molecule has 0 radical (unpaired) electrons. The van der Waals surface area contributed by atoms with Gasteiger partial charge in [-0.15, -0.1) is 0 Å². The summed E-state index contributed by atoms with van der Waals surface area (Å²) in [4.78, 5) is 23.4. The quantitative estimate of drug-likeness (QED) is 0.331. The third-order valence-electron chi connectivity index (χ3n) is 2.75. The van der Waals surface area contributed by atoms with Crippen LogP contribution in [0, 0.1) is 0 Å². The minimum atomic E-state index is -0.470. The number of carbonyl (C=O) groups excluding carboxylic acids is 2. The molecule has 0 aliphatic carbocycles. The van der Waals surface area contributed by atoms with E-state index in [9.17, 15) is 9.59 Å². The Morgan fingerprint density at radius 1 is 1.23 bits per heavy atom. The zero-order valence-electron chi connectivity index (χ0n) is 13.1. The second-order valence-corrected chi connectivity index (χ2v) is 6.88. The van der Waals surface area contributed by atoms with E-state index in [0.29, 0.717) is 16.0 Å². The summed E-state index contributed by atoms with van der Waals surface area (Å²) < 4.78 is 12.0. The fraction of sp³-hybridized carbons (Fsp3) is 0.0625. The number of hydrogen-bond donors (Lipinski definition) is 3. The van der Waals surface area contributed by atoms with Gasteiger partial charge in [-0.1, -0.05) is 15.9 Å². The summed E-state index contributed by atoms with van der Waals surface area (Å²) in [5, 5.41) is 2.31. The Kier molecular flexibility index (Phi) is 7.82. The molecule has 1 aromatic heterocycles. The molecule has 3 N–H and O–H groups in total. The second-order valence-electron chi connectivity index (χ2n) is 4.70. The van der Waals surface area contributed by atoms with Crippen LogP contribution in [0.1, 0.15) is 5.76 Å². The van der Waals surface area contributed by atoms with Gasteiger partial charge in [0.15, 0.2) is 11.7 Å². The highest BCUT2D eigenvalue weighted by molar-refractivity contribution is 9.11. The molecule has 0 saturated heterocycles. The number of amides is 2. The van der Waals surface area contributed by atoms with Gasteiger partial charge in [0.25, 0.3) is 5.91 Å². The fourth-order valence-electron chi connectivity index (χ4n) is 1.63. The van der Waals surface area contributed by atoms with Gasteiger partial charge in [0, 0.05) is 10.5 Å². The number of halogens is 2. The van der Waals surface area contributed by atoms with Crippen molar-refractivity contribution in [2.45, 2.75) is 0 Å². The first-order chi connectivity index (χ1) is 12.4. The number of thiocarbonyl (C=S) groups is 1. The van der Waals surface area contributed by atoms with Crippen molar-refractivity contribution in [2.24, 2.45) is 0 Å². The zero-order chi connectivity index (χ0) is 18.9. The highest BCUT2D eigenvalue weighted by Gasteiger charge is 2.07. The number of benzene rings is 1. The lowest BCUT2D eigenvalue weighted by atomic mass is 10.3. The largest absolute Gasteiger partial charge is 0.483 e. The molecule has 2 amide bonds. The lowest BCUT2D eigenvalue weighted by Crippen LogP contribution is -2.49. The maximum atomic E-state index is 11.7. The number of furan rings is 1. The van der Waals surface area contributed by atoms with E-state index in [0.717, 1.165) is 4.47 Å². The Morgan fingerprint density at radius 2 is 2.04 bits per heavy atom. The second kappa shape index (κ2) is 10.1. The topological polar surface area (TPSA) is 92.6 Å². The van der Waals surface area contributed by atoms with Crippen molar-refractivity contribution in [3.05, 3.63) is 57.4 Å². The first kappa shape index (κ1) is 20.1. The van der Waals surface area contributed by atoms with Gasteiger partial charge in [-0.05, 0) is 64.6 Å². The van der Waals surface area contributed by atoms with E-state index in [-0.39, 0.29) is 11.7 Å². The van der Waals surface area contributed by atoms with Crippen LogP contribution in [0.25, 0.3) is 6.08 Å². The van der Waals surface area contributed by atoms with Crippen molar-refractivity contribution in [3.63, 3.8) is 0 Å². The number of rotatable bonds is 5. The van der Waals surface area contributed by atoms with E-state index in [1.165, 1.54) is 18.4 Å². The summed E-state index contributed by atoms with van der Waals surface area (Å²) in [7, 11) is 0. The molecule has 2 rings (SSSR count). The molecule has 0 aliphatic heterocycles. The van der Waals surface area contributed by atoms with E-state index in [1.54, 1.807) is 30.3 Å². The third-order valence-corrected chi connectivity index (χ3v) is 4.06. The minimum absolute atomic E-state index is 0.0581. The number of hydrazine groups is 1. The van der Waals surface area contributed by atoms with Crippen LogP contribution in [0.2, 0.25) is 0 Å². The maximum absolute atomic E-state index is 11.7. The van der Waals surface area contributed by atoms with Gasteiger partial charge in [-0.3, -0.25) is 25.8 Å². The van der Waals surface area contributed by atoms with Crippen molar-refractivity contribution in [1.29, 1.82) is 0 Å². The van der Waals surface area contributed by atoms with Crippen molar-refractivity contribution in [3.8, 4) is 5.75 Å². The smallest absolute Gasteiger partial charge is 0.276 e. The van der Waals surface area contributed by atoms with E-state index >= 15 is 0 Å². The predicted octanol–water partition coefficient (Wildman–Crippen LogP) is 2.92. The zero-order valence-corrected chi connectivity index (χ0v) is 17.1. The monoisotopic (exact) mass is 501 g/mol. The van der Waals surface area contributed by atoms with Crippen LogP contribution in [0.3, 0.4) is 0 Å². The first-order valence-electron chi connectivity index (χ1n) is 7.13. The van der Waals surface area contributed by atoms with Crippen molar-refractivity contribution in [1.82, 2.24) is 16.2 Å². The average Bonchev–Trinajstić information content (AvgIpc) is 3.11. The lowest BCUT2D eigenvalue weighted by molar-refractivity contribution is -0.123. The Bertz CT molecular complexity index is 825. The number of hydrogen-bond acceptors (Lipinski definition) is 5. The van der Waals surface area contributed by atoms with Gasteiger partial charge in [0.1, 0.15) is 11.5 Å². The standard InChI is InChI=1S/C16H13Br2N3O4S/c17-10-3-5-13(12(18)8-10)25-9-15(23)20-21-16(26)19-14(22)6-4-11-2-1-7-24-11/h1-8H,9H2,(H,20,23)(H2,19,21,22,26)/b6-4+. The Labute approximate surface area is 171 Å². The molecule has 0 spiro atoms. The van der Waals surface area contributed by atoms with Crippen LogP contribution in [0.15, 0.2) is 56.0 Å². The third kappa shape index (κ3) is 6.98. The van der Waals surface area contributed by atoms with E-state index in [4.69, 9.17) is 21.4 Å². The molecule has 0 bridgehead atoms. The fourth-order valence-corrected chi connectivity index (χ4v) is 2.94. The highest BCUT2D eigenvalue weighted by Crippen LogP contribution is 2.27. The summed E-state index contributed by atoms with van der Waals surface area (Å²) in [6.07, 6.45) is 4.23. The van der Waals surface area contributed by atoms with E-state index in [1.807, 2.05) is 0 Å². The van der Waals surface area contributed by atoms with Crippen LogP contribution in [-0.4, -0.2) is 23.5 Å². The molecule has 10 heteroatoms. The van der Waals surface area contributed by atoms with Crippen LogP contribution in [0.4, 0.5) is 0 Å². The average molecular weight is 503 g/mol. The van der Waals surface area contributed by atoms with Crippen LogP contribution in [-0.2, 0) is 9.59 Å². The molecule has 0 fully saturated rings. The molecule has 7 nitrogen and oxygen atoms in total. The molecule has 0 aliphatic rings. The molecule has 0 saturated carbocycles. The van der Waals surface area contributed by atoms with Crippen molar-refractivity contribution < 1.29 is 18.7 Å². The molecule has 1 aromatic carbocycles. The molecule has 0 unspecified atom stereocenters. The maximum Gasteiger partial charge on any atom is 0.276 e. The number of carbonyl (C=O) groups is 2. The predicted molar refractivity (Wildman–Crippen MR) is 107 cm³/mol. The Hall–Kier alpha value is -2.17. The number of ether oxygens (including phenoxy) is 1. The Morgan fingerprint density at radius 3 is 2.73 bits per heavy atom. The molecule has 136 valence electrons. The van der Waals surface area contributed by atoms with Crippen LogP contribution in [0.5, 0.6) is 5.75 Å². The first-order valence-corrected chi connectivity index (χ1v) is 9.12. The minimum Gasteiger partial charge on any atom is -0.483 e. The molecular weight excluding hydrogens is 490 g/mol. The van der Waals surface area contributed by atoms with Crippen LogP contribution < -0.4 is 20.9 Å². The van der Waals surface area contributed by atoms with Crippen LogP contribution >= 0.6 is 44.1 Å². The lowest BCUT2D eigenvalue weighted by Gasteiger charge is -2.11. The normalized spacial score (nSPS) is 10.4. The molecule has 2 aromatic rings. The Balaban J connectivity index is 1.69. The summed E-state index contributed by atoms with van der Waals surface area (Å²) in [6, 6.07) is 8.70. The van der Waals surface area contributed by atoms with E-state index in [2.05, 4.69) is 48.0 Å². The molecular formula is C16H13Br2N3O4S. The van der Waals surface area contributed by atoms with Crippen molar-refractivity contribution >= 4 is 67.1 Å². The highest BCUT2D eigenvalue weighted by atomic mass is 79.9. The van der Waals surface area contributed by atoms with E-state index < -0.39 is 11.8 Å². The van der Waals surface area contributed by atoms with Gasteiger partial charge in [0.2, 0.25) is 5.91 Å². The van der Waals surface area contributed by atoms with Gasteiger partial charge < -0.3 is 9.15 Å². The van der Waals surface area contributed by atoms with Gasteiger partial charge in [-0.2, -0.15) is 0 Å².